The van der Waals surface area contributed by atoms with Crippen molar-refractivity contribution in [3.8, 4) is 0 Å². The molecule has 1 unspecified atom stereocenters. The normalized spacial score (nSPS) is 14.1. The Hall–Kier alpha value is -0.870. The molecule has 0 bridgehead atoms. The lowest BCUT2D eigenvalue weighted by Gasteiger charge is -2.26. The fourth-order valence-electron chi connectivity index (χ4n) is 1.44. The van der Waals surface area contributed by atoms with Gasteiger partial charge in [0.05, 0.1) is 5.69 Å². The molecule has 0 radical (unpaired) electrons. The molecular weight excluding hydrogens is 190 g/mol. The van der Waals surface area contributed by atoms with Gasteiger partial charge in [-0.1, -0.05) is 13.8 Å². The van der Waals surface area contributed by atoms with Crippen LogP contribution in [0.15, 0.2) is 12.3 Å². The van der Waals surface area contributed by atoms with Crippen LogP contribution >= 0.6 is 0 Å². The average Bonchev–Trinajstić information content (AvgIpc) is 2.67. The summed E-state index contributed by atoms with van der Waals surface area (Å²) >= 11 is 0. The minimum absolute atomic E-state index is 0.128. The quantitative estimate of drug-likeness (QED) is 0.667. The van der Waals surface area contributed by atoms with E-state index in [1.54, 1.807) is 6.20 Å². The second-order valence-corrected chi connectivity index (χ2v) is 4.75. The van der Waals surface area contributed by atoms with Gasteiger partial charge in [-0.15, -0.1) is 0 Å². The van der Waals surface area contributed by atoms with Crippen LogP contribution in [-0.2, 0) is 0 Å². The number of rotatable bonds is 6. The largest absolute Gasteiger partial charge is 0.396 e. The molecule has 1 aromatic rings. The van der Waals surface area contributed by atoms with Gasteiger partial charge in [-0.2, -0.15) is 5.10 Å². The molecule has 1 aromatic heterocycles. The predicted molar refractivity (Wildman–Crippen MR) is 60.5 cm³/mol. The molecule has 0 aromatic carbocycles. The topological polar surface area (TPSA) is 60.9 Å². The van der Waals surface area contributed by atoms with Gasteiger partial charge in [0.15, 0.2) is 0 Å². The van der Waals surface area contributed by atoms with Crippen LogP contribution in [0.4, 0.5) is 0 Å². The lowest BCUT2D eigenvalue weighted by molar-refractivity contribution is 0.203. The highest BCUT2D eigenvalue weighted by molar-refractivity contribution is 5.03. The van der Waals surface area contributed by atoms with Gasteiger partial charge in [-0.05, 0) is 24.8 Å². The molecule has 4 nitrogen and oxygen atoms in total. The van der Waals surface area contributed by atoms with Crippen LogP contribution in [-0.4, -0.2) is 28.5 Å². The summed E-state index contributed by atoms with van der Waals surface area (Å²) in [6, 6.07) is 2.24. The van der Waals surface area contributed by atoms with Crippen molar-refractivity contribution in [2.75, 3.05) is 13.2 Å². The fraction of sp³-hybridized carbons (Fsp3) is 0.727. The highest BCUT2D eigenvalue weighted by Crippen LogP contribution is 2.19. The summed E-state index contributed by atoms with van der Waals surface area (Å²) in [7, 11) is 0. The maximum absolute atomic E-state index is 8.91. The van der Waals surface area contributed by atoms with Crippen molar-refractivity contribution >= 4 is 0 Å². The molecule has 0 spiro atoms. The Kier molecular flexibility index (Phi) is 4.29. The molecule has 0 aliphatic heterocycles. The number of aromatic amines is 1. The first-order valence-corrected chi connectivity index (χ1v) is 5.39. The Labute approximate surface area is 91.1 Å². The number of aliphatic hydroxyl groups excluding tert-OH is 1. The Morgan fingerprint density at radius 1 is 1.60 bits per heavy atom. The van der Waals surface area contributed by atoms with Crippen molar-refractivity contribution in [2.24, 2.45) is 5.41 Å². The number of nitrogens with one attached hydrogen (secondary N) is 2. The van der Waals surface area contributed by atoms with Crippen LogP contribution in [0.3, 0.4) is 0 Å². The summed E-state index contributed by atoms with van der Waals surface area (Å²) in [4.78, 5) is 0. The molecule has 0 fully saturated rings. The first kappa shape index (κ1) is 12.2. The first-order chi connectivity index (χ1) is 7.05. The molecule has 15 heavy (non-hydrogen) atoms. The Morgan fingerprint density at radius 2 is 2.33 bits per heavy atom. The van der Waals surface area contributed by atoms with Crippen LogP contribution in [0, 0.1) is 5.41 Å². The third kappa shape index (κ3) is 4.01. The molecule has 86 valence electrons. The molecule has 1 heterocycles. The monoisotopic (exact) mass is 211 g/mol. The molecule has 1 atom stereocenters. The lowest BCUT2D eigenvalue weighted by atomic mass is 9.89. The fourth-order valence-corrected chi connectivity index (χ4v) is 1.44. The Morgan fingerprint density at radius 3 is 2.87 bits per heavy atom. The standard InChI is InChI=1S/C11H21N3O/c1-9(10-4-6-13-14-10)12-8-11(2,3)5-7-15/h4,6,9,12,15H,5,7-8H2,1-3H3,(H,13,14). The zero-order chi connectivity index (χ0) is 11.3. The number of hydrogen-bond donors (Lipinski definition) is 3. The zero-order valence-electron chi connectivity index (χ0n) is 9.75. The van der Waals surface area contributed by atoms with E-state index < -0.39 is 0 Å². The molecule has 4 heteroatoms. The van der Waals surface area contributed by atoms with E-state index in [9.17, 15) is 0 Å². The van der Waals surface area contributed by atoms with Gasteiger partial charge in [0.1, 0.15) is 0 Å². The summed E-state index contributed by atoms with van der Waals surface area (Å²) in [6.45, 7) is 7.52. The lowest BCUT2D eigenvalue weighted by Crippen LogP contribution is -2.32. The minimum Gasteiger partial charge on any atom is -0.396 e. The number of aromatic nitrogens is 2. The summed E-state index contributed by atoms with van der Waals surface area (Å²) in [5.74, 6) is 0. The summed E-state index contributed by atoms with van der Waals surface area (Å²) in [6.07, 6.45) is 2.57. The first-order valence-electron chi connectivity index (χ1n) is 5.39. The summed E-state index contributed by atoms with van der Waals surface area (Å²) in [5, 5.41) is 19.2. The van der Waals surface area contributed by atoms with E-state index in [1.807, 2.05) is 6.07 Å². The van der Waals surface area contributed by atoms with Crippen molar-refractivity contribution in [1.29, 1.82) is 0 Å². The molecule has 0 saturated carbocycles. The smallest absolute Gasteiger partial charge is 0.0518 e. The van der Waals surface area contributed by atoms with E-state index in [4.69, 9.17) is 5.11 Å². The summed E-state index contributed by atoms with van der Waals surface area (Å²) in [5.41, 5.74) is 1.22. The molecular formula is C11H21N3O. The van der Waals surface area contributed by atoms with E-state index in [0.717, 1.165) is 18.7 Å². The minimum atomic E-state index is 0.128. The van der Waals surface area contributed by atoms with Crippen LogP contribution in [0.5, 0.6) is 0 Å². The SMILES string of the molecule is CC(NCC(C)(C)CCO)c1ccn[nH]1. The maximum atomic E-state index is 8.91. The van der Waals surface area contributed by atoms with Crippen molar-refractivity contribution < 1.29 is 5.11 Å². The van der Waals surface area contributed by atoms with Crippen molar-refractivity contribution in [1.82, 2.24) is 15.5 Å². The van der Waals surface area contributed by atoms with Gasteiger partial charge < -0.3 is 10.4 Å². The van der Waals surface area contributed by atoms with Gasteiger partial charge in [0, 0.05) is 25.4 Å². The van der Waals surface area contributed by atoms with E-state index in [1.165, 1.54) is 0 Å². The number of nitrogens with zero attached hydrogens (tertiary/aromatic N) is 1. The Balaban J connectivity index is 2.37. The van der Waals surface area contributed by atoms with Gasteiger partial charge >= 0.3 is 0 Å². The molecule has 0 aliphatic rings. The van der Waals surface area contributed by atoms with Crippen molar-refractivity contribution in [2.45, 2.75) is 33.2 Å². The number of aliphatic hydroxyl groups is 1. The molecule has 0 aliphatic carbocycles. The summed E-state index contributed by atoms with van der Waals surface area (Å²) < 4.78 is 0. The van der Waals surface area contributed by atoms with Gasteiger partial charge in [0.2, 0.25) is 0 Å². The van der Waals surface area contributed by atoms with E-state index in [0.29, 0.717) is 0 Å². The average molecular weight is 211 g/mol. The number of H-pyrrole nitrogens is 1. The molecule has 1 rings (SSSR count). The predicted octanol–water partition coefficient (Wildman–Crippen LogP) is 1.47. The van der Waals surface area contributed by atoms with Crippen molar-refractivity contribution in [3.63, 3.8) is 0 Å². The highest BCUT2D eigenvalue weighted by atomic mass is 16.3. The highest BCUT2D eigenvalue weighted by Gasteiger charge is 2.18. The van der Waals surface area contributed by atoms with Crippen LogP contribution in [0.2, 0.25) is 0 Å². The second kappa shape index (κ2) is 5.28. The van der Waals surface area contributed by atoms with E-state index in [-0.39, 0.29) is 18.1 Å². The maximum Gasteiger partial charge on any atom is 0.0518 e. The van der Waals surface area contributed by atoms with Crippen LogP contribution < -0.4 is 5.32 Å². The Bertz CT molecular complexity index is 269. The third-order valence-corrected chi connectivity index (χ3v) is 2.66. The van der Waals surface area contributed by atoms with Gasteiger partial charge in [0.25, 0.3) is 0 Å². The van der Waals surface area contributed by atoms with Crippen LogP contribution in [0.25, 0.3) is 0 Å². The molecule has 0 amide bonds. The molecule has 0 saturated heterocycles. The zero-order valence-corrected chi connectivity index (χ0v) is 9.75. The van der Waals surface area contributed by atoms with Gasteiger partial charge in [-0.25, -0.2) is 0 Å². The van der Waals surface area contributed by atoms with Gasteiger partial charge in [-0.3, -0.25) is 5.10 Å². The van der Waals surface area contributed by atoms with E-state index in [2.05, 4.69) is 36.3 Å². The van der Waals surface area contributed by atoms with Crippen molar-refractivity contribution in [3.05, 3.63) is 18.0 Å². The van der Waals surface area contributed by atoms with Crippen LogP contribution in [0.1, 0.15) is 38.9 Å². The molecule has 3 N–H and O–H groups in total. The number of hydrogen-bond acceptors (Lipinski definition) is 3. The second-order valence-electron chi connectivity index (χ2n) is 4.75. The van der Waals surface area contributed by atoms with E-state index >= 15 is 0 Å². The third-order valence-electron chi connectivity index (χ3n) is 2.66.